The number of anilines is 3. The predicted octanol–water partition coefficient (Wildman–Crippen LogP) is 16.6. The Bertz CT molecular complexity index is 3550. The summed E-state index contributed by atoms with van der Waals surface area (Å²) in [5.41, 5.74) is 19.8. The number of aromatic nitrogens is 6. The third-order valence-electron chi connectivity index (χ3n) is 13.7. The van der Waals surface area contributed by atoms with Gasteiger partial charge in [0.05, 0.1) is 5.69 Å². The van der Waals surface area contributed by atoms with Crippen molar-refractivity contribution in [1.29, 1.82) is 0 Å². The second-order valence-electron chi connectivity index (χ2n) is 19.2. The molecule has 11 aromatic rings. The zero-order valence-electron chi connectivity index (χ0n) is 42.5. The molecule has 7 heteroatoms. The van der Waals surface area contributed by atoms with E-state index in [1.54, 1.807) is 0 Å². The molecule has 0 amide bonds. The Morgan fingerprint density at radius 1 is 0.284 bits per heavy atom. The number of hydrogen-bond donors (Lipinski definition) is 0. The van der Waals surface area contributed by atoms with Gasteiger partial charge in [-0.15, -0.1) is 0 Å². The monoisotopic (exact) mass is 957 g/mol. The molecule has 0 bridgehead atoms. The Balaban J connectivity index is 1.17. The van der Waals surface area contributed by atoms with Gasteiger partial charge < -0.3 is 0 Å². The maximum absolute atomic E-state index is 5.48. The highest BCUT2D eigenvalue weighted by atomic mass is 15.4. The molecule has 2 aromatic heterocycles. The van der Waals surface area contributed by atoms with Crippen LogP contribution < -0.4 is 4.90 Å². The first-order valence-electron chi connectivity index (χ1n) is 25.1. The summed E-state index contributed by atoms with van der Waals surface area (Å²) in [5.74, 6) is 2.73. The van der Waals surface area contributed by atoms with E-state index in [0.717, 1.165) is 55.8 Å². The average molecular weight is 958 g/mol. The molecule has 0 radical (unpaired) electrons. The summed E-state index contributed by atoms with van der Waals surface area (Å²) in [6.45, 7) is 13.3. The number of aryl methyl sites for hydroxylation is 6. The van der Waals surface area contributed by atoms with Gasteiger partial charge in [0, 0.05) is 28.2 Å². The fourth-order valence-corrected chi connectivity index (χ4v) is 10.5. The smallest absolute Gasteiger partial charge is 0.241 e. The van der Waals surface area contributed by atoms with Gasteiger partial charge in [0.2, 0.25) is 11.9 Å². The van der Waals surface area contributed by atoms with E-state index < -0.39 is 0 Å². The van der Waals surface area contributed by atoms with Crippen LogP contribution in [0.2, 0.25) is 0 Å². The maximum Gasteiger partial charge on any atom is 0.241 e. The molecular weight excluding hydrogens is 903 g/mol. The largest absolute Gasteiger partial charge is 0.246 e. The van der Waals surface area contributed by atoms with E-state index in [0.29, 0.717) is 35.2 Å². The second-order valence-corrected chi connectivity index (χ2v) is 19.2. The Labute approximate surface area is 434 Å². The number of nitrogens with zero attached hydrogens (tertiary/aromatic N) is 7. The Hall–Kier alpha value is -9.20. The Morgan fingerprint density at radius 2 is 0.581 bits per heavy atom. The van der Waals surface area contributed by atoms with E-state index in [2.05, 4.69) is 157 Å². The van der Waals surface area contributed by atoms with Crippen molar-refractivity contribution in [2.45, 2.75) is 47.5 Å². The SMILES string of the molecule is Cc1cc(C)c(C(c2ccc(N(c3nc(-c4ccccc4)nc(-c4ccccc4)n3)c3nc(-c4ccccc4)nc(-c4cc(-c5ccccc5)cc(-c5ccccc5)c4)n3)cc2)c2c(C)cc(C)cc2C)c(C)c1. The first kappa shape index (κ1) is 47.1. The first-order valence-corrected chi connectivity index (χ1v) is 25.1. The van der Waals surface area contributed by atoms with Gasteiger partial charge in [-0.25, -0.2) is 14.9 Å². The normalized spacial score (nSPS) is 11.2. The van der Waals surface area contributed by atoms with Gasteiger partial charge in [0.25, 0.3) is 0 Å². The Kier molecular flexibility index (Phi) is 13.1. The fourth-order valence-electron chi connectivity index (χ4n) is 10.5. The molecule has 74 heavy (non-hydrogen) atoms. The number of rotatable bonds is 12. The van der Waals surface area contributed by atoms with E-state index in [-0.39, 0.29) is 5.92 Å². The second kappa shape index (κ2) is 20.5. The summed E-state index contributed by atoms with van der Waals surface area (Å²) in [6, 6.07) is 75.7. The standard InChI is InChI=1S/C67H55N7/c1-43-36-45(3)59(46(4)37-43)61(60-47(5)38-44(2)39-48(60)6)51-32-34-58(35-33-51)74(66-70-62(52-26-16-9-17-27-52)68-63(71-66)53-28-18-10-19-29-53)67-72-64(54-30-20-11-21-31-54)69-65(73-67)57-41-55(49-22-12-7-13-23-49)40-56(42-57)50-24-14-8-15-25-50/h7-42,61H,1-6H3. The van der Waals surface area contributed by atoms with Crippen molar-refractivity contribution < 1.29 is 0 Å². The van der Waals surface area contributed by atoms with Crippen LogP contribution >= 0.6 is 0 Å². The van der Waals surface area contributed by atoms with E-state index in [9.17, 15) is 0 Å². The highest BCUT2D eigenvalue weighted by Crippen LogP contribution is 2.42. The van der Waals surface area contributed by atoms with Crippen molar-refractivity contribution in [1.82, 2.24) is 29.9 Å². The number of hydrogen-bond acceptors (Lipinski definition) is 7. The van der Waals surface area contributed by atoms with Crippen LogP contribution in [0.25, 0.3) is 67.8 Å². The molecule has 0 N–H and O–H groups in total. The lowest BCUT2D eigenvalue weighted by Gasteiger charge is -2.28. The minimum atomic E-state index is -0.0330. The van der Waals surface area contributed by atoms with Crippen LogP contribution in [-0.4, -0.2) is 29.9 Å². The van der Waals surface area contributed by atoms with Gasteiger partial charge in [-0.05, 0) is 133 Å². The summed E-state index contributed by atoms with van der Waals surface area (Å²) in [5, 5.41) is 0. The molecule has 0 saturated heterocycles. The molecule has 0 spiro atoms. The van der Waals surface area contributed by atoms with Gasteiger partial charge in [0.1, 0.15) is 0 Å². The molecule has 11 rings (SSSR count). The van der Waals surface area contributed by atoms with Crippen LogP contribution in [0.1, 0.15) is 56.0 Å². The first-order chi connectivity index (χ1) is 36.1. The summed E-state index contributed by atoms with van der Waals surface area (Å²) >= 11 is 0. The molecule has 0 aliphatic carbocycles. The van der Waals surface area contributed by atoms with Crippen LogP contribution in [0.15, 0.2) is 218 Å². The van der Waals surface area contributed by atoms with E-state index in [1.165, 1.54) is 44.5 Å². The van der Waals surface area contributed by atoms with Crippen molar-refractivity contribution >= 4 is 17.6 Å². The molecule has 0 aliphatic heterocycles. The van der Waals surface area contributed by atoms with Gasteiger partial charge in [0.15, 0.2) is 23.3 Å². The molecule has 0 unspecified atom stereocenters. The third-order valence-corrected chi connectivity index (χ3v) is 13.7. The predicted molar refractivity (Wildman–Crippen MR) is 303 cm³/mol. The Morgan fingerprint density at radius 3 is 0.919 bits per heavy atom. The zero-order chi connectivity index (χ0) is 50.7. The highest BCUT2D eigenvalue weighted by Gasteiger charge is 2.28. The summed E-state index contributed by atoms with van der Waals surface area (Å²) < 4.78 is 0. The van der Waals surface area contributed by atoms with Crippen LogP contribution in [0.3, 0.4) is 0 Å². The van der Waals surface area contributed by atoms with Gasteiger partial charge >= 0.3 is 0 Å². The van der Waals surface area contributed by atoms with Crippen LogP contribution in [0.5, 0.6) is 0 Å². The average Bonchev–Trinajstić information content (AvgIpc) is 3.43. The molecule has 2 heterocycles. The highest BCUT2D eigenvalue weighted by molar-refractivity contribution is 5.81. The molecule has 7 nitrogen and oxygen atoms in total. The maximum atomic E-state index is 5.48. The van der Waals surface area contributed by atoms with E-state index >= 15 is 0 Å². The summed E-state index contributed by atoms with van der Waals surface area (Å²) in [6.07, 6.45) is 0. The lowest BCUT2D eigenvalue weighted by Crippen LogP contribution is -2.19. The van der Waals surface area contributed by atoms with Crippen LogP contribution in [0.4, 0.5) is 17.6 Å². The van der Waals surface area contributed by atoms with Gasteiger partial charge in [-0.1, -0.05) is 199 Å². The molecule has 9 aromatic carbocycles. The van der Waals surface area contributed by atoms with Crippen molar-refractivity contribution in [3.05, 3.63) is 268 Å². The van der Waals surface area contributed by atoms with E-state index in [4.69, 9.17) is 29.9 Å². The molecule has 0 aliphatic rings. The van der Waals surface area contributed by atoms with Crippen LogP contribution in [-0.2, 0) is 0 Å². The third kappa shape index (κ3) is 9.76. The van der Waals surface area contributed by atoms with Crippen LogP contribution in [0, 0.1) is 41.5 Å². The molecule has 358 valence electrons. The van der Waals surface area contributed by atoms with Crippen molar-refractivity contribution in [2.24, 2.45) is 0 Å². The quantitative estimate of drug-likeness (QED) is 0.113. The minimum absolute atomic E-state index is 0.0330. The molecule has 0 atom stereocenters. The topological polar surface area (TPSA) is 80.6 Å². The van der Waals surface area contributed by atoms with Crippen molar-refractivity contribution in [3.63, 3.8) is 0 Å². The van der Waals surface area contributed by atoms with Crippen molar-refractivity contribution in [2.75, 3.05) is 4.90 Å². The summed E-state index contributed by atoms with van der Waals surface area (Å²) in [4.78, 5) is 33.8. The minimum Gasteiger partial charge on any atom is -0.246 e. The lowest BCUT2D eigenvalue weighted by atomic mass is 9.77. The molecule has 0 fully saturated rings. The zero-order valence-corrected chi connectivity index (χ0v) is 42.5. The van der Waals surface area contributed by atoms with E-state index in [1.807, 2.05) is 108 Å². The lowest BCUT2D eigenvalue weighted by molar-refractivity contribution is 0.917. The van der Waals surface area contributed by atoms with Crippen molar-refractivity contribution in [3.8, 4) is 67.8 Å². The number of benzene rings is 9. The molecular formula is C67H55N7. The summed E-state index contributed by atoms with van der Waals surface area (Å²) in [7, 11) is 0. The molecule has 0 saturated carbocycles. The van der Waals surface area contributed by atoms with Gasteiger partial charge in [-0.2, -0.15) is 19.9 Å². The van der Waals surface area contributed by atoms with Gasteiger partial charge in [-0.3, -0.25) is 0 Å². The fraction of sp³-hybridized carbons (Fsp3) is 0.104.